The van der Waals surface area contributed by atoms with Crippen LogP contribution in [0, 0.1) is 19.7 Å². The molecular formula is C16H16FNO2. The Balaban J connectivity index is 2.57. The van der Waals surface area contributed by atoms with Crippen molar-refractivity contribution in [2.45, 2.75) is 20.4 Å². The van der Waals surface area contributed by atoms with Gasteiger partial charge in [-0.05, 0) is 48.7 Å². The average molecular weight is 273 g/mol. The van der Waals surface area contributed by atoms with E-state index in [2.05, 4.69) is 5.32 Å². The normalized spacial score (nSPS) is 10.3. The molecule has 1 amide bonds. The molecule has 0 radical (unpaired) electrons. The van der Waals surface area contributed by atoms with Crippen LogP contribution >= 0.6 is 0 Å². The van der Waals surface area contributed by atoms with E-state index in [-0.39, 0.29) is 18.1 Å². The fourth-order valence-corrected chi connectivity index (χ4v) is 2.30. The number of phenols is 1. The van der Waals surface area contributed by atoms with Gasteiger partial charge in [0.05, 0.1) is 0 Å². The highest BCUT2D eigenvalue weighted by molar-refractivity contribution is 5.74. The third-order valence-electron chi connectivity index (χ3n) is 3.25. The molecular weight excluding hydrogens is 257 g/mol. The Kier molecular flexibility index (Phi) is 4.03. The molecule has 0 spiro atoms. The van der Waals surface area contributed by atoms with Crippen molar-refractivity contribution in [2.24, 2.45) is 0 Å². The predicted octanol–water partition coefficient (Wildman–Crippen LogP) is 3.06. The number of hydrogen-bond acceptors (Lipinski definition) is 2. The zero-order chi connectivity index (χ0) is 14.7. The third kappa shape index (κ3) is 2.64. The molecule has 0 aliphatic rings. The lowest BCUT2D eigenvalue weighted by Gasteiger charge is -2.13. The molecule has 2 aromatic carbocycles. The number of amides is 1. The molecule has 2 N–H and O–H groups in total. The predicted molar refractivity (Wildman–Crippen MR) is 75.9 cm³/mol. The molecule has 0 bridgehead atoms. The summed E-state index contributed by atoms with van der Waals surface area (Å²) in [5.41, 5.74) is 3.21. The Morgan fingerprint density at radius 3 is 2.65 bits per heavy atom. The Hall–Kier alpha value is -2.36. The van der Waals surface area contributed by atoms with Crippen molar-refractivity contribution in [1.82, 2.24) is 5.32 Å². The largest absolute Gasteiger partial charge is 0.507 e. The SMILES string of the molecule is Cc1cc(-c2c(C)cccc2O)cc(CNC=O)c1F. The van der Waals surface area contributed by atoms with E-state index in [4.69, 9.17) is 0 Å². The monoisotopic (exact) mass is 273 g/mol. The molecule has 0 saturated heterocycles. The van der Waals surface area contributed by atoms with E-state index < -0.39 is 0 Å². The maximum absolute atomic E-state index is 14.0. The number of carbonyl (C=O) groups excluding carboxylic acids is 1. The van der Waals surface area contributed by atoms with Crippen LogP contribution in [-0.4, -0.2) is 11.5 Å². The maximum atomic E-state index is 14.0. The molecule has 0 saturated carbocycles. The number of benzene rings is 2. The topological polar surface area (TPSA) is 49.3 Å². The second-order valence-corrected chi connectivity index (χ2v) is 4.73. The Labute approximate surface area is 117 Å². The fourth-order valence-electron chi connectivity index (χ4n) is 2.30. The summed E-state index contributed by atoms with van der Waals surface area (Å²) in [6, 6.07) is 8.60. The molecule has 2 rings (SSSR count). The summed E-state index contributed by atoms with van der Waals surface area (Å²) in [4.78, 5) is 10.4. The van der Waals surface area contributed by atoms with Gasteiger partial charge in [-0.2, -0.15) is 0 Å². The first kappa shape index (κ1) is 14.1. The molecule has 0 unspecified atom stereocenters. The summed E-state index contributed by atoms with van der Waals surface area (Å²) in [7, 11) is 0. The number of hydrogen-bond donors (Lipinski definition) is 2. The van der Waals surface area contributed by atoms with Crippen LogP contribution in [0.25, 0.3) is 11.1 Å². The van der Waals surface area contributed by atoms with Crippen LogP contribution in [-0.2, 0) is 11.3 Å². The van der Waals surface area contributed by atoms with Crippen molar-refractivity contribution in [3.63, 3.8) is 0 Å². The minimum Gasteiger partial charge on any atom is -0.507 e. The van der Waals surface area contributed by atoms with Crippen LogP contribution in [0.1, 0.15) is 16.7 Å². The molecule has 0 aliphatic heterocycles. The van der Waals surface area contributed by atoms with Crippen molar-refractivity contribution < 1.29 is 14.3 Å². The number of nitrogens with one attached hydrogen (secondary N) is 1. The zero-order valence-electron chi connectivity index (χ0n) is 11.4. The lowest BCUT2D eigenvalue weighted by Crippen LogP contribution is -2.12. The van der Waals surface area contributed by atoms with Crippen LogP contribution in [0.4, 0.5) is 4.39 Å². The van der Waals surface area contributed by atoms with Gasteiger partial charge in [-0.1, -0.05) is 12.1 Å². The minimum atomic E-state index is -0.337. The number of aromatic hydroxyl groups is 1. The first-order valence-corrected chi connectivity index (χ1v) is 6.29. The van der Waals surface area contributed by atoms with Gasteiger partial charge in [-0.25, -0.2) is 4.39 Å². The summed E-state index contributed by atoms with van der Waals surface area (Å²) in [6.07, 6.45) is 0.534. The average Bonchev–Trinajstić information content (AvgIpc) is 2.40. The number of carbonyl (C=O) groups is 1. The second kappa shape index (κ2) is 5.74. The van der Waals surface area contributed by atoms with Gasteiger partial charge < -0.3 is 10.4 Å². The maximum Gasteiger partial charge on any atom is 0.207 e. The number of aryl methyl sites for hydroxylation is 2. The third-order valence-corrected chi connectivity index (χ3v) is 3.25. The molecule has 0 aliphatic carbocycles. The van der Waals surface area contributed by atoms with Crippen molar-refractivity contribution >= 4 is 6.41 Å². The second-order valence-electron chi connectivity index (χ2n) is 4.73. The zero-order valence-corrected chi connectivity index (χ0v) is 11.4. The Bertz CT molecular complexity index is 633. The minimum absolute atomic E-state index is 0.122. The van der Waals surface area contributed by atoms with E-state index >= 15 is 0 Å². The van der Waals surface area contributed by atoms with Crippen LogP contribution in [0.15, 0.2) is 30.3 Å². The van der Waals surface area contributed by atoms with E-state index in [0.717, 1.165) is 11.1 Å². The Morgan fingerprint density at radius 1 is 1.25 bits per heavy atom. The van der Waals surface area contributed by atoms with Crippen LogP contribution in [0.3, 0.4) is 0 Å². The molecule has 20 heavy (non-hydrogen) atoms. The first-order chi connectivity index (χ1) is 9.54. The molecule has 0 atom stereocenters. The van der Waals surface area contributed by atoms with Gasteiger partial charge in [-0.3, -0.25) is 4.79 Å². The highest BCUT2D eigenvalue weighted by Gasteiger charge is 2.13. The Morgan fingerprint density at radius 2 is 2.00 bits per heavy atom. The standard InChI is InChI=1S/C16H16FNO2/c1-10-4-3-5-14(20)15(10)12-6-11(2)16(17)13(7-12)8-18-9-19/h3-7,9,20H,8H2,1-2H3,(H,18,19). The number of rotatable bonds is 4. The quantitative estimate of drug-likeness (QED) is 0.841. The van der Waals surface area contributed by atoms with E-state index in [0.29, 0.717) is 23.1 Å². The van der Waals surface area contributed by atoms with Crippen LogP contribution in [0.5, 0.6) is 5.75 Å². The van der Waals surface area contributed by atoms with E-state index in [1.807, 2.05) is 13.0 Å². The van der Waals surface area contributed by atoms with Crippen LogP contribution < -0.4 is 5.32 Å². The molecule has 2 aromatic rings. The highest BCUT2D eigenvalue weighted by atomic mass is 19.1. The van der Waals surface area contributed by atoms with Crippen molar-refractivity contribution in [1.29, 1.82) is 0 Å². The summed E-state index contributed by atoms with van der Waals surface area (Å²) in [6.45, 7) is 3.67. The van der Waals surface area contributed by atoms with Gasteiger partial charge in [0, 0.05) is 17.7 Å². The van der Waals surface area contributed by atoms with Gasteiger partial charge in [0.15, 0.2) is 0 Å². The summed E-state index contributed by atoms with van der Waals surface area (Å²) in [5, 5.41) is 12.5. The lowest BCUT2D eigenvalue weighted by molar-refractivity contribution is -0.109. The fraction of sp³-hybridized carbons (Fsp3) is 0.188. The van der Waals surface area contributed by atoms with Gasteiger partial charge >= 0.3 is 0 Å². The molecule has 3 nitrogen and oxygen atoms in total. The first-order valence-electron chi connectivity index (χ1n) is 6.29. The van der Waals surface area contributed by atoms with Gasteiger partial charge in [0.2, 0.25) is 6.41 Å². The molecule has 0 heterocycles. The smallest absolute Gasteiger partial charge is 0.207 e. The summed E-state index contributed by atoms with van der Waals surface area (Å²) >= 11 is 0. The molecule has 0 fully saturated rings. The molecule has 4 heteroatoms. The van der Waals surface area contributed by atoms with Gasteiger partial charge in [-0.15, -0.1) is 0 Å². The molecule has 104 valence electrons. The van der Waals surface area contributed by atoms with Gasteiger partial charge in [0.25, 0.3) is 0 Å². The molecule has 0 aromatic heterocycles. The van der Waals surface area contributed by atoms with Crippen molar-refractivity contribution in [3.05, 3.63) is 52.8 Å². The van der Waals surface area contributed by atoms with Gasteiger partial charge in [0.1, 0.15) is 11.6 Å². The summed E-state index contributed by atoms with van der Waals surface area (Å²) in [5.74, 6) is -0.179. The van der Waals surface area contributed by atoms with E-state index in [9.17, 15) is 14.3 Å². The number of halogens is 1. The van der Waals surface area contributed by atoms with E-state index in [1.54, 1.807) is 31.2 Å². The summed E-state index contributed by atoms with van der Waals surface area (Å²) < 4.78 is 14.0. The van der Waals surface area contributed by atoms with Crippen LogP contribution in [0.2, 0.25) is 0 Å². The number of phenolic OH excluding ortho intramolecular Hbond substituents is 1. The lowest BCUT2D eigenvalue weighted by atomic mass is 9.95. The van der Waals surface area contributed by atoms with E-state index in [1.165, 1.54) is 0 Å². The van der Waals surface area contributed by atoms with Crippen molar-refractivity contribution in [3.8, 4) is 16.9 Å². The highest BCUT2D eigenvalue weighted by Crippen LogP contribution is 2.34. The van der Waals surface area contributed by atoms with Crippen molar-refractivity contribution in [2.75, 3.05) is 0 Å².